The zero-order chi connectivity index (χ0) is 19.8. The highest BCUT2D eigenvalue weighted by molar-refractivity contribution is 7.90. The molecule has 3 rings (SSSR count). The Morgan fingerprint density at radius 2 is 1.81 bits per heavy atom. The normalized spacial score (nSPS) is 11.7. The van der Waals surface area contributed by atoms with Gasteiger partial charge in [-0.25, -0.2) is 4.79 Å². The zero-order valence-corrected chi connectivity index (χ0v) is 15.7. The van der Waals surface area contributed by atoms with Gasteiger partial charge in [-0.15, -0.1) is 0 Å². The average molecular weight is 387 g/mol. The zero-order valence-electron chi connectivity index (χ0n) is 14.9. The first-order valence-corrected chi connectivity index (χ1v) is 9.32. The summed E-state index contributed by atoms with van der Waals surface area (Å²) in [6.45, 7) is 0. The molecule has 1 N–H and O–H groups in total. The lowest BCUT2D eigenvalue weighted by Crippen LogP contribution is -2.28. The van der Waals surface area contributed by atoms with E-state index in [0.717, 1.165) is 4.31 Å². The maximum atomic E-state index is 13.0. The first-order chi connectivity index (χ1) is 12.7. The Morgan fingerprint density at radius 3 is 2.48 bits per heavy atom. The number of pyridine rings is 1. The van der Waals surface area contributed by atoms with Gasteiger partial charge in [0.05, 0.1) is 23.9 Å². The SMILES string of the molecule is COC(=O)c1cnc2ccc3ccc(NS(=O)(=O)N(C)C)cc3c(=O)c2c1. The van der Waals surface area contributed by atoms with Crippen molar-refractivity contribution < 1.29 is 17.9 Å². The van der Waals surface area contributed by atoms with Gasteiger partial charge in [0, 0.05) is 31.1 Å². The number of benzene rings is 1. The standard InChI is InChI=1S/C18H17N3O5S/c1-21(2)27(24,25)20-13-6-4-11-5-7-16-15(17(22)14(11)9-13)8-12(10-19-16)18(23)26-3/h4-10,20H,1-3H3. The van der Waals surface area contributed by atoms with Crippen LogP contribution < -0.4 is 10.2 Å². The summed E-state index contributed by atoms with van der Waals surface area (Å²) in [6, 6.07) is 9.48. The van der Waals surface area contributed by atoms with Crippen molar-refractivity contribution in [2.45, 2.75) is 0 Å². The number of hydrogen-bond acceptors (Lipinski definition) is 6. The van der Waals surface area contributed by atoms with Gasteiger partial charge in [0.2, 0.25) is 0 Å². The summed E-state index contributed by atoms with van der Waals surface area (Å²) in [4.78, 5) is 28.9. The lowest BCUT2D eigenvalue weighted by atomic mass is 10.1. The van der Waals surface area contributed by atoms with Gasteiger partial charge in [-0.1, -0.05) is 12.1 Å². The maximum absolute atomic E-state index is 13.0. The molecule has 0 saturated carbocycles. The average Bonchev–Trinajstić information content (AvgIpc) is 2.77. The molecule has 1 heterocycles. The Hall–Kier alpha value is -3.04. The molecule has 0 aliphatic rings. The summed E-state index contributed by atoms with van der Waals surface area (Å²) in [5, 5.41) is 1.15. The highest BCUT2D eigenvalue weighted by atomic mass is 32.2. The fraction of sp³-hybridized carbons (Fsp3) is 0.167. The summed E-state index contributed by atoms with van der Waals surface area (Å²) in [5.74, 6) is -0.598. The van der Waals surface area contributed by atoms with Crippen LogP contribution >= 0.6 is 0 Å². The molecule has 0 atom stereocenters. The largest absolute Gasteiger partial charge is 0.465 e. The second-order valence-corrected chi connectivity index (χ2v) is 7.89. The Labute approximate surface area is 155 Å². The molecule has 3 aromatic rings. The van der Waals surface area contributed by atoms with Crippen molar-refractivity contribution in [1.29, 1.82) is 0 Å². The lowest BCUT2D eigenvalue weighted by Gasteiger charge is -2.13. The molecule has 0 saturated heterocycles. The minimum absolute atomic E-state index is 0.158. The molecule has 0 bridgehead atoms. The third-order valence-electron chi connectivity index (χ3n) is 4.03. The van der Waals surface area contributed by atoms with Gasteiger partial charge in [0.25, 0.3) is 0 Å². The second-order valence-electron chi connectivity index (χ2n) is 6.00. The van der Waals surface area contributed by atoms with Gasteiger partial charge in [-0.2, -0.15) is 12.7 Å². The number of carbonyl (C=O) groups excluding carboxylic acids is 1. The van der Waals surface area contributed by atoms with E-state index in [-0.39, 0.29) is 22.1 Å². The Kier molecular flexibility index (Phi) is 4.81. The van der Waals surface area contributed by atoms with Crippen LogP contribution in [-0.4, -0.2) is 44.9 Å². The number of methoxy groups -OCH3 is 1. The smallest absolute Gasteiger partial charge is 0.339 e. The Bertz CT molecular complexity index is 1220. The molecular weight excluding hydrogens is 370 g/mol. The van der Waals surface area contributed by atoms with Crippen molar-refractivity contribution in [3.05, 3.63) is 58.4 Å². The number of rotatable bonds is 4. The monoisotopic (exact) mass is 387 g/mol. The molecule has 0 unspecified atom stereocenters. The molecule has 0 radical (unpaired) electrons. The van der Waals surface area contributed by atoms with Crippen LogP contribution in [-0.2, 0) is 14.9 Å². The first-order valence-electron chi connectivity index (χ1n) is 7.88. The van der Waals surface area contributed by atoms with E-state index >= 15 is 0 Å². The van der Waals surface area contributed by atoms with Crippen LogP contribution in [0, 0.1) is 0 Å². The molecule has 0 aliphatic carbocycles. The van der Waals surface area contributed by atoms with E-state index < -0.39 is 16.2 Å². The molecule has 9 heteroatoms. The molecule has 27 heavy (non-hydrogen) atoms. The summed E-state index contributed by atoms with van der Waals surface area (Å²) in [5.41, 5.74) is 0.462. The fourth-order valence-corrected chi connectivity index (χ4v) is 3.14. The van der Waals surface area contributed by atoms with Crippen molar-refractivity contribution >= 4 is 43.5 Å². The number of ether oxygens (including phenoxy) is 1. The minimum Gasteiger partial charge on any atom is -0.465 e. The van der Waals surface area contributed by atoms with Crippen molar-refractivity contribution in [3.8, 4) is 0 Å². The van der Waals surface area contributed by atoms with E-state index in [1.54, 1.807) is 24.3 Å². The van der Waals surface area contributed by atoms with Crippen LogP contribution in [0.5, 0.6) is 0 Å². The topological polar surface area (TPSA) is 106 Å². The third-order valence-corrected chi connectivity index (χ3v) is 5.49. The molecule has 0 amide bonds. The highest BCUT2D eigenvalue weighted by Crippen LogP contribution is 2.20. The molecule has 0 fully saturated rings. The number of esters is 1. The van der Waals surface area contributed by atoms with Gasteiger partial charge < -0.3 is 4.74 Å². The Balaban J connectivity index is 2.26. The van der Waals surface area contributed by atoms with Crippen molar-refractivity contribution in [1.82, 2.24) is 9.29 Å². The quantitative estimate of drug-likeness (QED) is 0.684. The van der Waals surface area contributed by atoms with Crippen molar-refractivity contribution in [2.24, 2.45) is 0 Å². The molecule has 0 aliphatic heterocycles. The summed E-state index contributed by atoms with van der Waals surface area (Å²) >= 11 is 0. The second kappa shape index (κ2) is 6.93. The van der Waals surface area contributed by atoms with Gasteiger partial charge in [-0.05, 0) is 29.7 Å². The Morgan fingerprint density at radius 1 is 1.11 bits per heavy atom. The molecule has 8 nitrogen and oxygen atoms in total. The molecular formula is C18H17N3O5S. The van der Waals surface area contributed by atoms with E-state index in [0.29, 0.717) is 16.3 Å². The van der Waals surface area contributed by atoms with Gasteiger partial charge >= 0.3 is 16.2 Å². The van der Waals surface area contributed by atoms with Gasteiger partial charge in [0.15, 0.2) is 5.43 Å². The number of anilines is 1. The first kappa shape index (κ1) is 18.7. The lowest BCUT2D eigenvalue weighted by molar-refractivity contribution is 0.0600. The van der Waals surface area contributed by atoms with E-state index in [1.807, 2.05) is 0 Å². The predicted octanol–water partition coefficient (Wildman–Crippen LogP) is 1.75. The van der Waals surface area contributed by atoms with Crippen LogP contribution in [0.1, 0.15) is 10.4 Å². The summed E-state index contributed by atoms with van der Waals surface area (Å²) in [7, 11) is 0.336. The van der Waals surface area contributed by atoms with Crippen LogP contribution in [0.25, 0.3) is 21.7 Å². The third kappa shape index (κ3) is 3.60. The molecule has 140 valence electrons. The minimum atomic E-state index is -3.71. The number of aromatic nitrogens is 1. The van der Waals surface area contributed by atoms with Crippen molar-refractivity contribution in [3.63, 3.8) is 0 Å². The number of nitrogens with one attached hydrogen (secondary N) is 1. The summed E-state index contributed by atoms with van der Waals surface area (Å²) < 4.78 is 32.1. The van der Waals surface area contributed by atoms with Crippen molar-refractivity contribution in [2.75, 3.05) is 25.9 Å². The van der Waals surface area contributed by atoms with Crippen LogP contribution in [0.15, 0.2) is 47.4 Å². The molecule has 0 spiro atoms. The highest BCUT2D eigenvalue weighted by Gasteiger charge is 2.14. The number of carbonyl (C=O) groups is 1. The van der Waals surface area contributed by atoms with Crippen LogP contribution in [0.4, 0.5) is 5.69 Å². The maximum Gasteiger partial charge on any atom is 0.339 e. The van der Waals surface area contributed by atoms with Gasteiger partial charge in [-0.3, -0.25) is 14.5 Å². The molecule has 1 aromatic heterocycles. The number of nitrogens with zero attached hydrogens (tertiary/aromatic N) is 2. The fourth-order valence-electron chi connectivity index (χ4n) is 2.54. The van der Waals surface area contributed by atoms with E-state index in [9.17, 15) is 18.0 Å². The van der Waals surface area contributed by atoms with E-state index in [2.05, 4.69) is 14.4 Å². The molecule has 2 aromatic carbocycles. The van der Waals surface area contributed by atoms with E-state index in [1.165, 1.54) is 39.5 Å². The van der Waals surface area contributed by atoms with Crippen LogP contribution in [0.3, 0.4) is 0 Å². The van der Waals surface area contributed by atoms with E-state index in [4.69, 9.17) is 0 Å². The van der Waals surface area contributed by atoms with Gasteiger partial charge in [0.1, 0.15) is 0 Å². The number of fused-ring (bicyclic) bond motifs is 2. The number of hydrogen-bond donors (Lipinski definition) is 1. The van der Waals surface area contributed by atoms with Crippen LogP contribution in [0.2, 0.25) is 0 Å². The summed E-state index contributed by atoms with van der Waals surface area (Å²) in [6.07, 6.45) is 1.34. The predicted molar refractivity (Wildman–Crippen MR) is 103 cm³/mol.